The number of amides is 1. The minimum atomic E-state index is 0.250. The number of nitrogens with zero attached hydrogens (tertiary/aromatic N) is 1. The SMILES string of the molecule is Cc1ccc(CC(=O)N2CCC(C)C(Br)C2)cc1C. The predicted octanol–water partition coefficient (Wildman–Crippen LogP) is 3.48. The molecule has 0 saturated carbocycles. The lowest BCUT2D eigenvalue weighted by Gasteiger charge is -2.34. The minimum absolute atomic E-state index is 0.250. The maximum atomic E-state index is 12.3. The summed E-state index contributed by atoms with van der Waals surface area (Å²) in [5, 5.41) is 0. The Morgan fingerprint density at radius 1 is 1.37 bits per heavy atom. The fourth-order valence-electron chi connectivity index (χ4n) is 2.45. The zero-order valence-corrected chi connectivity index (χ0v) is 13.5. The van der Waals surface area contributed by atoms with Gasteiger partial charge >= 0.3 is 0 Å². The summed E-state index contributed by atoms with van der Waals surface area (Å²) in [6.45, 7) is 8.17. The fraction of sp³-hybridized carbons (Fsp3) is 0.562. The van der Waals surface area contributed by atoms with Gasteiger partial charge in [0.1, 0.15) is 0 Å². The number of rotatable bonds is 2. The maximum Gasteiger partial charge on any atom is 0.227 e. The number of hydrogen-bond acceptors (Lipinski definition) is 1. The molecule has 0 N–H and O–H groups in total. The van der Waals surface area contributed by atoms with Crippen LogP contribution in [-0.2, 0) is 11.2 Å². The molecular formula is C16H22BrNO. The van der Waals surface area contributed by atoms with E-state index >= 15 is 0 Å². The Balaban J connectivity index is 1.99. The first kappa shape index (κ1) is 14.6. The Morgan fingerprint density at radius 3 is 2.74 bits per heavy atom. The van der Waals surface area contributed by atoms with E-state index in [1.807, 2.05) is 4.90 Å². The summed E-state index contributed by atoms with van der Waals surface area (Å²) in [5.41, 5.74) is 3.66. The van der Waals surface area contributed by atoms with E-state index in [1.165, 1.54) is 11.1 Å². The second-order valence-electron chi connectivity index (χ2n) is 5.72. The quantitative estimate of drug-likeness (QED) is 0.763. The normalized spacial score (nSPS) is 23.5. The first-order valence-corrected chi connectivity index (χ1v) is 7.87. The molecule has 0 aromatic heterocycles. The highest BCUT2D eigenvalue weighted by Gasteiger charge is 2.26. The molecule has 2 unspecified atom stereocenters. The van der Waals surface area contributed by atoms with Gasteiger partial charge in [-0.3, -0.25) is 4.79 Å². The number of benzene rings is 1. The Kier molecular flexibility index (Phi) is 4.67. The Bertz CT molecular complexity index is 472. The van der Waals surface area contributed by atoms with Crippen molar-refractivity contribution in [2.24, 2.45) is 5.92 Å². The van der Waals surface area contributed by atoms with Crippen molar-refractivity contribution >= 4 is 21.8 Å². The van der Waals surface area contributed by atoms with E-state index < -0.39 is 0 Å². The molecule has 3 heteroatoms. The summed E-state index contributed by atoms with van der Waals surface area (Å²) in [6, 6.07) is 6.30. The maximum absolute atomic E-state index is 12.3. The van der Waals surface area contributed by atoms with Crippen LogP contribution in [0, 0.1) is 19.8 Å². The van der Waals surface area contributed by atoms with Gasteiger partial charge < -0.3 is 4.90 Å². The zero-order chi connectivity index (χ0) is 14.0. The van der Waals surface area contributed by atoms with Crippen LogP contribution in [0.25, 0.3) is 0 Å². The van der Waals surface area contributed by atoms with Crippen molar-refractivity contribution in [3.05, 3.63) is 34.9 Å². The number of aryl methyl sites for hydroxylation is 2. The molecule has 1 saturated heterocycles. The second-order valence-corrected chi connectivity index (χ2v) is 6.89. The van der Waals surface area contributed by atoms with Gasteiger partial charge in [-0.25, -0.2) is 0 Å². The lowest BCUT2D eigenvalue weighted by atomic mass is 9.98. The van der Waals surface area contributed by atoms with Crippen LogP contribution in [0.3, 0.4) is 0 Å². The van der Waals surface area contributed by atoms with Gasteiger partial charge in [0.15, 0.2) is 0 Å². The first-order valence-electron chi connectivity index (χ1n) is 6.95. The molecule has 1 aliphatic heterocycles. The summed E-state index contributed by atoms with van der Waals surface area (Å²) < 4.78 is 0. The third-order valence-electron chi connectivity index (χ3n) is 4.15. The molecule has 0 radical (unpaired) electrons. The van der Waals surface area contributed by atoms with E-state index in [0.29, 0.717) is 17.2 Å². The smallest absolute Gasteiger partial charge is 0.227 e. The molecule has 0 aliphatic carbocycles. The molecule has 1 aromatic rings. The van der Waals surface area contributed by atoms with Crippen molar-refractivity contribution in [2.75, 3.05) is 13.1 Å². The highest BCUT2D eigenvalue weighted by atomic mass is 79.9. The van der Waals surface area contributed by atoms with Crippen LogP contribution in [0.5, 0.6) is 0 Å². The van der Waals surface area contributed by atoms with Crippen LogP contribution in [0.1, 0.15) is 30.0 Å². The molecule has 104 valence electrons. The van der Waals surface area contributed by atoms with Crippen molar-refractivity contribution < 1.29 is 4.79 Å². The molecular weight excluding hydrogens is 302 g/mol. The van der Waals surface area contributed by atoms with E-state index in [0.717, 1.165) is 25.1 Å². The molecule has 19 heavy (non-hydrogen) atoms. The summed E-state index contributed by atoms with van der Waals surface area (Å²) >= 11 is 3.68. The molecule has 1 aromatic carbocycles. The summed E-state index contributed by atoms with van der Waals surface area (Å²) in [6.07, 6.45) is 1.61. The standard InChI is InChI=1S/C16H22BrNO/c1-11-4-5-14(8-13(11)3)9-16(19)18-7-6-12(2)15(17)10-18/h4-5,8,12,15H,6-7,9-10H2,1-3H3. The first-order chi connectivity index (χ1) is 8.97. The van der Waals surface area contributed by atoms with Gasteiger partial charge in [0.05, 0.1) is 6.42 Å². The lowest BCUT2D eigenvalue weighted by molar-refractivity contribution is -0.131. The number of alkyl halides is 1. The molecule has 0 bridgehead atoms. The minimum Gasteiger partial charge on any atom is -0.341 e. The van der Waals surface area contributed by atoms with Gasteiger partial charge in [0.2, 0.25) is 5.91 Å². The van der Waals surface area contributed by atoms with Crippen LogP contribution in [-0.4, -0.2) is 28.7 Å². The van der Waals surface area contributed by atoms with E-state index in [2.05, 4.69) is 54.9 Å². The predicted molar refractivity (Wildman–Crippen MR) is 82.7 cm³/mol. The molecule has 2 nitrogen and oxygen atoms in total. The van der Waals surface area contributed by atoms with Crippen LogP contribution in [0.4, 0.5) is 0 Å². The number of piperidine rings is 1. The van der Waals surface area contributed by atoms with Gasteiger partial charge in [0.25, 0.3) is 0 Å². The number of halogens is 1. The average molecular weight is 324 g/mol. The molecule has 1 aliphatic rings. The topological polar surface area (TPSA) is 20.3 Å². The van der Waals surface area contributed by atoms with Gasteiger partial charge in [-0.05, 0) is 42.9 Å². The third kappa shape index (κ3) is 3.59. The highest BCUT2D eigenvalue weighted by Crippen LogP contribution is 2.23. The highest BCUT2D eigenvalue weighted by molar-refractivity contribution is 9.09. The molecule has 1 fully saturated rings. The second kappa shape index (κ2) is 6.08. The Labute approximate surface area is 124 Å². The molecule has 1 heterocycles. The van der Waals surface area contributed by atoms with Crippen LogP contribution in [0.15, 0.2) is 18.2 Å². The number of carbonyl (C=O) groups excluding carboxylic acids is 1. The van der Waals surface area contributed by atoms with Crippen LogP contribution in [0.2, 0.25) is 0 Å². The van der Waals surface area contributed by atoms with Crippen molar-refractivity contribution in [3.63, 3.8) is 0 Å². The Hall–Kier alpha value is -0.830. The summed E-state index contributed by atoms with van der Waals surface area (Å²) in [5.74, 6) is 0.908. The van der Waals surface area contributed by atoms with Crippen molar-refractivity contribution in [3.8, 4) is 0 Å². The average Bonchev–Trinajstić information content (AvgIpc) is 2.37. The van der Waals surface area contributed by atoms with Crippen molar-refractivity contribution in [1.29, 1.82) is 0 Å². The number of hydrogen-bond donors (Lipinski definition) is 0. The summed E-state index contributed by atoms with van der Waals surface area (Å²) in [7, 11) is 0. The van der Waals surface area contributed by atoms with E-state index in [4.69, 9.17) is 0 Å². The van der Waals surface area contributed by atoms with Crippen LogP contribution >= 0.6 is 15.9 Å². The molecule has 0 spiro atoms. The van der Waals surface area contributed by atoms with Crippen LogP contribution < -0.4 is 0 Å². The van der Waals surface area contributed by atoms with E-state index in [9.17, 15) is 4.79 Å². The number of carbonyl (C=O) groups is 1. The van der Waals surface area contributed by atoms with Gasteiger partial charge in [-0.15, -0.1) is 0 Å². The van der Waals surface area contributed by atoms with Gasteiger partial charge in [-0.1, -0.05) is 41.1 Å². The fourth-order valence-corrected chi connectivity index (χ4v) is 3.06. The summed E-state index contributed by atoms with van der Waals surface area (Å²) in [4.78, 5) is 14.8. The van der Waals surface area contributed by atoms with E-state index in [-0.39, 0.29) is 5.91 Å². The number of likely N-dealkylation sites (tertiary alicyclic amines) is 1. The third-order valence-corrected chi connectivity index (χ3v) is 5.34. The molecule has 2 rings (SSSR count). The van der Waals surface area contributed by atoms with Crippen molar-refractivity contribution in [1.82, 2.24) is 4.90 Å². The van der Waals surface area contributed by atoms with E-state index in [1.54, 1.807) is 0 Å². The van der Waals surface area contributed by atoms with Crippen molar-refractivity contribution in [2.45, 2.75) is 38.4 Å². The molecule has 1 amide bonds. The Morgan fingerprint density at radius 2 is 2.11 bits per heavy atom. The van der Waals surface area contributed by atoms with Gasteiger partial charge in [0, 0.05) is 17.9 Å². The monoisotopic (exact) mass is 323 g/mol. The van der Waals surface area contributed by atoms with Gasteiger partial charge in [-0.2, -0.15) is 0 Å². The molecule has 2 atom stereocenters. The lowest BCUT2D eigenvalue weighted by Crippen LogP contribution is -2.44. The largest absolute Gasteiger partial charge is 0.341 e. The zero-order valence-electron chi connectivity index (χ0n) is 11.9.